The van der Waals surface area contributed by atoms with Crippen LogP contribution in [0.1, 0.15) is 26.3 Å². The molecule has 0 spiro atoms. The molecule has 0 radical (unpaired) electrons. The molecular weight excluding hydrogens is 226 g/mol. The molecule has 0 fully saturated rings. The van der Waals surface area contributed by atoms with Crippen LogP contribution in [0.25, 0.3) is 0 Å². The van der Waals surface area contributed by atoms with Crippen molar-refractivity contribution in [3.63, 3.8) is 0 Å². The van der Waals surface area contributed by atoms with Crippen molar-refractivity contribution in [1.82, 2.24) is 5.32 Å². The fraction of sp³-hybridized carbons (Fsp3) is 0.600. The first-order chi connectivity index (χ1) is 8.51. The zero-order chi connectivity index (χ0) is 13.4. The molecule has 0 aliphatic carbocycles. The van der Waals surface area contributed by atoms with Gasteiger partial charge in [-0.3, -0.25) is 0 Å². The molecule has 3 nitrogen and oxygen atoms in total. The molecule has 1 aromatic rings. The lowest BCUT2D eigenvalue weighted by atomic mass is 10.1. The summed E-state index contributed by atoms with van der Waals surface area (Å²) in [6.07, 6.45) is 0.944. The number of hydrogen-bond acceptors (Lipinski definition) is 3. The van der Waals surface area contributed by atoms with Gasteiger partial charge in [0.05, 0.1) is 20.3 Å². The number of benzene rings is 1. The standard InChI is InChI=1S/C15H25NO2/c1-15(2,3)16-10-12-18-11-9-13-5-7-14(17-4)8-6-13/h5-8,16H,9-12H2,1-4H3. The Balaban J connectivity index is 2.10. The van der Waals surface area contributed by atoms with E-state index in [0.717, 1.165) is 31.9 Å². The molecule has 0 saturated heterocycles. The highest BCUT2D eigenvalue weighted by Gasteiger charge is 2.06. The van der Waals surface area contributed by atoms with Crippen LogP contribution >= 0.6 is 0 Å². The number of ether oxygens (including phenoxy) is 2. The van der Waals surface area contributed by atoms with Gasteiger partial charge in [-0.25, -0.2) is 0 Å². The second-order valence-corrected chi connectivity index (χ2v) is 5.39. The van der Waals surface area contributed by atoms with Crippen LogP contribution in [0.15, 0.2) is 24.3 Å². The van der Waals surface area contributed by atoms with Gasteiger partial charge in [-0.15, -0.1) is 0 Å². The zero-order valence-corrected chi connectivity index (χ0v) is 12.0. The minimum atomic E-state index is 0.166. The number of hydrogen-bond donors (Lipinski definition) is 1. The van der Waals surface area contributed by atoms with E-state index in [0.29, 0.717) is 0 Å². The van der Waals surface area contributed by atoms with Crippen LogP contribution in [-0.4, -0.2) is 32.4 Å². The van der Waals surface area contributed by atoms with Gasteiger partial charge in [0.25, 0.3) is 0 Å². The van der Waals surface area contributed by atoms with Gasteiger partial charge in [0.2, 0.25) is 0 Å². The molecule has 0 aliphatic rings. The maximum atomic E-state index is 5.60. The third-order valence-corrected chi connectivity index (χ3v) is 2.60. The average molecular weight is 251 g/mol. The molecule has 0 unspecified atom stereocenters. The molecule has 3 heteroatoms. The molecule has 0 heterocycles. The van der Waals surface area contributed by atoms with Gasteiger partial charge in [0.1, 0.15) is 5.75 Å². The van der Waals surface area contributed by atoms with Crippen LogP contribution in [0.2, 0.25) is 0 Å². The van der Waals surface area contributed by atoms with Crippen molar-refractivity contribution >= 4 is 0 Å². The molecule has 1 rings (SSSR count). The Morgan fingerprint density at radius 1 is 1.06 bits per heavy atom. The average Bonchev–Trinajstić information content (AvgIpc) is 2.33. The topological polar surface area (TPSA) is 30.5 Å². The lowest BCUT2D eigenvalue weighted by Crippen LogP contribution is -2.38. The molecule has 1 aromatic carbocycles. The molecule has 0 aliphatic heterocycles. The normalized spacial score (nSPS) is 11.6. The van der Waals surface area contributed by atoms with Gasteiger partial charge in [0.15, 0.2) is 0 Å². The van der Waals surface area contributed by atoms with E-state index >= 15 is 0 Å². The first-order valence-corrected chi connectivity index (χ1v) is 6.47. The second-order valence-electron chi connectivity index (χ2n) is 5.39. The molecule has 102 valence electrons. The number of nitrogens with one attached hydrogen (secondary N) is 1. The SMILES string of the molecule is COc1ccc(CCOCCNC(C)(C)C)cc1. The Morgan fingerprint density at radius 2 is 1.72 bits per heavy atom. The molecule has 0 saturated carbocycles. The van der Waals surface area contributed by atoms with E-state index in [9.17, 15) is 0 Å². The minimum Gasteiger partial charge on any atom is -0.497 e. The highest BCUT2D eigenvalue weighted by molar-refractivity contribution is 5.27. The third-order valence-electron chi connectivity index (χ3n) is 2.60. The fourth-order valence-electron chi connectivity index (χ4n) is 1.58. The molecule has 0 bridgehead atoms. The van der Waals surface area contributed by atoms with Crippen LogP contribution in [0.4, 0.5) is 0 Å². The van der Waals surface area contributed by atoms with Crippen LogP contribution in [0.5, 0.6) is 5.75 Å². The van der Waals surface area contributed by atoms with Crippen molar-refractivity contribution in [3.8, 4) is 5.75 Å². The third kappa shape index (κ3) is 6.62. The Bertz CT molecular complexity index is 327. The van der Waals surface area contributed by atoms with E-state index < -0.39 is 0 Å². The Morgan fingerprint density at radius 3 is 2.28 bits per heavy atom. The van der Waals surface area contributed by atoms with E-state index in [4.69, 9.17) is 9.47 Å². The van der Waals surface area contributed by atoms with Crippen LogP contribution in [0.3, 0.4) is 0 Å². The maximum Gasteiger partial charge on any atom is 0.118 e. The molecule has 0 aromatic heterocycles. The Labute approximate surface area is 110 Å². The van der Waals surface area contributed by atoms with Crippen LogP contribution in [-0.2, 0) is 11.2 Å². The summed E-state index contributed by atoms with van der Waals surface area (Å²) < 4.78 is 10.7. The van der Waals surface area contributed by atoms with E-state index in [1.165, 1.54) is 5.56 Å². The summed E-state index contributed by atoms with van der Waals surface area (Å²) in [6.45, 7) is 8.89. The van der Waals surface area contributed by atoms with E-state index in [-0.39, 0.29) is 5.54 Å². The van der Waals surface area contributed by atoms with E-state index in [2.05, 4.69) is 38.2 Å². The van der Waals surface area contributed by atoms with Gasteiger partial charge in [-0.05, 0) is 44.9 Å². The van der Waals surface area contributed by atoms with Crippen LogP contribution in [0, 0.1) is 0 Å². The summed E-state index contributed by atoms with van der Waals surface area (Å²) in [7, 11) is 1.68. The van der Waals surface area contributed by atoms with E-state index in [1.807, 2.05) is 12.1 Å². The van der Waals surface area contributed by atoms with Gasteiger partial charge in [-0.2, -0.15) is 0 Å². The van der Waals surface area contributed by atoms with Crippen molar-refractivity contribution < 1.29 is 9.47 Å². The lowest BCUT2D eigenvalue weighted by Gasteiger charge is -2.20. The zero-order valence-electron chi connectivity index (χ0n) is 12.0. The summed E-state index contributed by atoms with van der Waals surface area (Å²) in [4.78, 5) is 0. The van der Waals surface area contributed by atoms with Gasteiger partial charge in [0, 0.05) is 12.1 Å². The van der Waals surface area contributed by atoms with Crippen molar-refractivity contribution in [2.24, 2.45) is 0 Å². The number of methoxy groups -OCH3 is 1. The predicted octanol–water partition coefficient (Wildman–Crippen LogP) is 2.64. The van der Waals surface area contributed by atoms with Crippen molar-refractivity contribution in [3.05, 3.63) is 29.8 Å². The van der Waals surface area contributed by atoms with Crippen LogP contribution < -0.4 is 10.1 Å². The first kappa shape index (κ1) is 15.0. The summed E-state index contributed by atoms with van der Waals surface area (Å²) in [5.74, 6) is 0.897. The van der Waals surface area contributed by atoms with Crippen molar-refractivity contribution in [2.45, 2.75) is 32.7 Å². The summed E-state index contributed by atoms with van der Waals surface area (Å²) in [6, 6.07) is 8.12. The van der Waals surface area contributed by atoms with Gasteiger partial charge in [-0.1, -0.05) is 12.1 Å². The summed E-state index contributed by atoms with van der Waals surface area (Å²) in [5, 5.41) is 3.39. The lowest BCUT2D eigenvalue weighted by molar-refractivity contribution is 0.133. The van der Waals surface area contributed by atoms with Gasteiger partial charge >= 0.3 is 0 Å². The predicted molar refractivity (Wildman–Crippen MR) is 75.3 cm³/mol. The molecule has 0 atom stereocenters. The largest absolute Gasteiger partial charge is 0.497 e. The fourth-order valence-corrected chi connectivity index (χ4v) is 1.58. The smallest absolute Gasteiger partial charge is 0.118 e. The Hall–Kier alpha value is -1.06. The van der Waals surface area contributed by atoms with E-state index in [1.54, 1.807) is 7.11 Å². The molecular formula is C15H25NO2. The summed E-state index contributed by atoms with van der Waals surface area (Å²) >= 11 is 0. The van der Waals surface area contributed by atoms with Gasteiger partial charge < -0.3 is 14.8 Å². The molecule has 1 N–H and O–H groups in total. The number of rotatable bonds is 7. The molecule has 0 amide bonds. The van der Waals surface area contributed by atoms with Crippen molar-refractivity contribution in [1.29, 1.82) is 0 Å². The quantitative estimate of drug-likeness (QED) is 0.756. The van der Waals surface area contributed by atoms with Crippen molar-refractivity contribution in [2.75, 3.05) is 26.9 Å². The highest BCUT2D eigenvalue weighted by Crippen LogP contribution is 2.11. The first-order valence-electron chi connectivity index (χ1n) is 6.47. The minimum absolute atomic E-state index is 0.166. The Kier molecular flexibility index (Phi) is 6.16. The highest BCUT2D eigenvalue weighted by atomic mass is 16.5. The maximum absolute atomic E-state index is 5.60. The molecule has 18 heavy (non-hydrogen) atoms. The monoisotopic (exact) mass is 251 g/mol. The summed E-state index contributed by atoms with van der Waals surface area (Å²) in [5.41, 5.74) is 1.44. The second kappa shape index (κ2) is 7.39.